The van der Waals surface area contributed by atoms with Gasteiger partial charge in [-0.3, -0.25) is 9.59 Å². The fraction of sp³-hybridized carbons (Fsp3) is 0.683. The highest BCUT2D eigenvalue weighted by Crippen LogP contribution is 2.14. The minimum atomic E-state index is -1.64. The van der Waals surface area contributed by atoms with Crippen molar-refractivity contribution in [1.82, 2.24) is 0 Å². The number of nitrogens with zero attached hydrogens (tertiary/aromatic N) is 1. The summed E-state index contributed by atoms with van der Waals surface area (Å²) in [4.78, 5) is 37.2. The number of carbonyl (C=O) groups excluding carboxylic acids is 3. The van der Waals surface area contributed by atoms with E-state index < -0.39 is 24.3 Å². The average molecular weight is 964 g/mol. The molecule has 0 aromatic carbocycles. The second-order valence-corrected chi connectivity index (χ2v) is 19.1. The van der Waals surface area contributed by atoms with E-state index in [1.807, 2.05) is 27.2 Å². The van der Waals surface area contributed by atoms with Crippen LogP contribution in [0.3, 0.4) is 0 Å². The Bertz CT molecular complexity index is 1450. The van der Waals surface area contributed by atoms with Crippen molar-refractivity contribution in [2.45, 2.75) is 219 Å². The number of carbonyl (C=O) groups is 3. The highest BCUT2D eigenvalue weighted by molar-refractivity contribution is 5.70. The van der Waals surface area contributed by atoms with Gasteiger partial charge in [-0.15, -0.1) is 0 Å². The van der Waals surface area contributed by atoms with E-state index in [1.165, 1.54) is 103 Å². The number of quaternary nitrogens is 1. The highest BCUT2D eigenvalue weighted by atomic mass is 16.7. The molecule has 0 saturated carbocycles. The molecule has 9 heteroatoms. The Balaban J connectivity index is 4.32. The van der Waals surface area contributed by atoms with Crippen molar-refractivity contribution in [3.05, 3.63) is 97.2 Å². The lowest BCUT2D eigenvalue weighted by molar-refractivity contribution is -0.870. The summed E-state index contributed by atoms with van der Waals surface area (Å²) in [5, 5.41) is 11.7. The van der Waals surface area contributed by atoms with E-state index in [4.69, 9.17) is 18.9 Å². The molecule has 0 bridgehead atoms. The normalized spacial score (nSPS) is 13.6. The summed E-state index contributed by atoms with van der Waals surface area (Å²) in [6.07, 6.45) is 64.6. The first-order chi connectivity index (χ1) is 33.6. The van der Waals surface area contributed by atoms with Crippen LogP contribution in [0.25, 0.3) is 0 Å². The van der Waals surface area contributed by atoms with Gasteiger partial charge in [-0.25, -0.2) is 0 Å². The van der Waals surface area contributed by atoms with Gasteiger partial charge < -0.3 is 33.3 Å². The van der Waals surface area contributed by atoms with Gasteiger partial charge in [0, 0.05) is 12.8 Å². The first-order valence-corrected chi connectivity index (χ1v) is 27.4. The minimum absolute atomic E-state index is 0.132. The van der Waals surface area contributed by atoms with Crippen LogP contribution in [0.2, 0.25) is 0 Å². The molecule has 0 aromatic heterocycles. The predicted octanol–water partition coefficient (Wildman–Crippen LogP) is 14.4. The predicted molar refractivity (Wildman–Crippen MR) is 287 cm³/mol. The van der Waals surface area contributed by atoms with Crippen molar-refractivity contribution < 1.29 is 42.9 Å². The van der Waals surface area contributed by atoms with Gasteiger partial charge in [0.1, 0.15) is 13.2 Å². The summed E-state index contributed by atoms with van der Waals surface area (Å²) >= 11 is 0. The maximum Gasteiger partial charge on any atom is 0.306 e. The van der Waals surface area contributed by atoms with Crippen LogP contribution in [-0.2, 0) is 33.3 Å². The summed E-state index contributed by atoms with van der Waals surface area (Å²) in [5.74, 6) is -2.37. The third kappa shape index (κ3) is 51.9. The Morgan fingerprint density at radius 3 is 1.28 bits per heavy atom. The zero-order valence-electron chi connectivity index (χ0n) is 44.6. The number of esters is 2. The Labute approximate surface area is 422 Å². The molecule has 0 fully saturated rings. The minimum Gasteiger partial charge on any atom is -0.545 e. The van der Waals surface area contributed by atoms with Gasteiger partial charge >= 0.3 is 11.9 Å². The van der Waals surface area contributed by atoms with Crippen molar-refractivity contribution in [2.24, 2.45) is 0 Å². The van der Waals surface area contributed by atoms with E-state index in [-0.39, 0.29) is 38.6 Å². The number of unbranched alkanes of at least 4 members (excludes halogenated alkanes) is 18. The Morgan fingerprint density at radius 1 is 0.449 bits per heavy atom. The number of allylic oxidation sites excluding steroid dienone is 16. The van der Waals surface area contributed by atoms with Crippen molar-refractivity contribution in [3.8, 4) is 0 Å². The van der Waals surface area contributed by atoms with Crippen LogP contribution in [0, 0.1) is 0 Å². The van der Waals surface area contributed by atoms with Crippen molar-refractivity contribution in [1.29, 1.82) is 0 Å². The molecule has 2 unspecified atom stereocenters. The molecule has 0 N–H and O–H groups in total. The van der Waals surface area contributed by atoms with E-state index in [1.54, 1.807) is 0 Å². The van der Waals surface area contributed by atoms with Crippen LogP contribution >= 0.6 is 0 Å². The third-order valence-corrected chi connectivity index (χ3v) is 11.3. The fourth-order valence-corrected chi connectivity index (χ4v) is 7.11. The number of aliphatic carboxylic acids is 1. The molecule has 2 atom stereocenters. The smallest absolute Gasteiger partial charge is 0.306 e. The zero-order chi connectivity index (χ0) is 50.6. The SMILES string of the molecule is CC/C=C\C/C=C\C/C=C\C/C=C\C/C=C\CCCC(=O)OC(COC(=O)CCCCCCCCCCCCCC/C=C\C/C=C\C/C=C\CCCCCCC)COC(OCC[N+](C)(C)C)C(=O)[O-]. The standard InChI is InChI=1S/C60H101NO8/c1-6-8-10-12-14-16-18-20-22-24-25-26-27-28-29-30-31-32-33-35-36-38-40-42-44-46-48-50-57(62)67-54-56(55-68-60(59(64)65)66-53-52-61(3,4)5)69-58(63)51-49-47-45-43-41-39-37-34-23-21-19-17-15-13-11-9-7-2/h9,11,15,17-18,20-21,23-25,27-28,37,39,43,45,56,60H,6-8,10,12-14,16,19,22,26,29-36,38,40-42,44,46-55H2,1-5H3/b11-9-,17-15-,20-18-,23-21-,25-24-,28-27-,39-37-,45-43-. The molecule has 69 heavy (non-hydrogen) atoms. The summed E-state index contributed by atoms with van der Waals surface area (Å²) in [7, 11) is 5.89. The van der Waals surface area contributed by atoms with Gasteiger partial charge in [0.25, 0.3) is 0 Å². The Morgan fingerprint density at radius 2 is 0.841 bits per heavy atom. The molecule has 394 valence electrons. The molecular formula is C60H101NO8. The Hall–Kier alpha value is -3.79. The number of likely N-dealkylation sites (N-methyl/N-ethyl adjacent to an activating group) is 1. The van der Waals surface area contributed by atoms with Gasteiger partial charge in [0.2, 0.25) is 0 Å². The Kier molecular flexibility index (Phi) is 47.8. The fourth-order valence-electron chi connectivity index (χ4n) is 7.11. The maximum atomic E-state index is 12.8. The van der Waals surface area contributed by atoms with E-state index >= 15 is 0 Å². The molecule has 9 nitrogen and oxygen atoms in total. The largest absolute Gasteiger partial charge is 0.545 e. The highest BCUT2D eigenvalue weighted by Gasteiger charge is 2.21. The van der Waals surface area contributed by atoms with Crippen molar-refractivity contribution >= 4 is 17.9 Å². The molecule has 0 saturated heterocycles. The van der Waals surface area contributed by atoms with Crippen LogP contribution in [0.15, 0.2) is 97.2 Å². The van der Waals surface area contributed by atoms with E-state index in [0.29, 0.717) is 23.9 Å². The van der Waals surface area contributed by atoms with E-state index in [9.17, 15) is 19.5 Å². The molecule has 0 rings (SSSR count). The van der Waals surface area contributed by atoms with Crippen LogP contribution in [0.1, 0.15) is 206 Å². The molecule has 0 radical (unpaired) electrons. The molecule has 0 aliphatic carbocycles. The lowest BCUT2D eigenvalue weighted by Gasteiger charge is -2.26. The van der Waals surface area contributed by atoms with Gasteiger partial charge in [0.15, 0.2) is 12.4 Å². The number of hydrogen-bond donors (Lipinski definition) is 0. The van der Waals surface area contributed by atoms with Gasteiger partial charge in [0.05, 0.1) is 40.3 Å². The van der Waals surface area contributed by atoms with Crippen molar-refractivity contribution in [2.75, 3.05) is 47.5 Å². The number of carboxylic acids is 1. The first kappa shape index (κ1) is 65.2. The average Bonchev–Trinajstić information content (AvgIpc) is 3.31. The molecule has 0 aromatic rings. The van der Waals surface area contributed by atoms with Gasteiger partial charge in [-0.2, -0.15) is 0 Å². The second kappa shape index (κ2) is 50.6. The molecule has 0 spiro atoms. The third-order valence-electron chi connectivity index (χ3n) is 11.3. The maximum absolute atomic E-state index is 12.8. The van der Waals surface area contributed by atoms with Crippen LogP contribution < -0.4 is 5.11 Å². The second-order valence-electron chi connectivity index (χ2n) is 19.1. The summed E-state index contributed by atoms with van der Waals surface area (Å²) in [6, 6.07) is 0. The number of carboxylic acid groups (broad SMARTS) is 1. The molecule has 0 aliphatic heterocycles. The summed E-state index contributed by atoms with van der Waals surface area (Å²) < 4.78 is 22.6. The molecule has 0 amide bonds. The topological polar surface area (TPSA) is 111 Å². The summed E-state index contributed by atoms with van der Waals surface area (Å²) in [5.41, 5.74) is 0. The zero-order valence-corrected chi connectivity index (χ0v) is 44.6. The summed E-state index contributed by atoms with van der Waals surface area (Å²) in [6.45, 7) is 4.54. The lowest BCUT2D eigenvalue weighted by Crippen LogP contribution is -2.44. The van der Waals surface area contributed by atoms with Gasteiger partial charge in [-0.1, -0.05) is 201 Å². The number of ether oxygens (including phenoxy) is 4. The first-order valence-electron chi connectivity index (χ1n) is 27.4. The number of rotatable bonds is 49. The monoisotopic (exact) mass is 964 g/mol. The van der Waals surface area contributed by atoms with Crippen LogP contribution in [0.4, 0.5) is 0 Å². The van der Waals surface area contributed by atoms with Gasteiger partial charge in [-0.05, 0) is 89.9 Å². The number of hydrogen-bond acceptors (Lipinski definition) is 8. The lowest BCUT2D eigenvalue weighted by atomic mass is 10.0. The molecule has 0 aliphatic rings. The molecular weight excluding hydrogens is 863 g/mol. The molecule has 0 heterocycles. The van der Waals surface area contributed by atoms with E-state index in [0.717, 1.165) is 64.2 Å². The quantitative estimate of drug-likeness (QED) is 0.0195. The van der Waals surface area contributed by atoms with E-state index in [2.05, 4.69) is 105 Å². The van der Waals surface area contributed by atoms with Crippen LogP contribution in [0.5, 0.6) is 0 Å². The van der Waals surface area contributed by atoms with Crippen molar-refractivity contribution in [3.63, 3.8) is 0 Å². The van der Waals surface area contributed by atoms with Crippen LogP contribution in [-0.4, -0.2) is 82.3 Å².